The second kappa shape index (κ2) is 6.83. The summed E-state index contributed by atoms with van der Waals surface area (Å²) in [7, 11) is 0. The van der Waals surface area contributed by atoms with E-state index >= 15 is 0 Å². The number of nitrogens with zero attached hydrogens (tertiary/aromatic N) is 1. The molecule has 0 radical (unpaired) electrons. The van der Waals surface area contributed by atoms with Crippen LogP contribution in [0.2, 0.25) is 0 Å². The number of thiazole rings is 1. The molecule has 19 heavy (non-hydrogen) atoms. The molecule has 2 rings (SSSR count). The van der Waals surface area contributed by atoms with E-state index in [4.69, 9.17) is 0 Å². The first-order valence-electron chi connectivity index (χ1n) is 6.96. The maximum absolute atomic E-state index is 4.68. The summed E-state index contributed by atoms with van der Waals surface area (Å²) >= 11 is 1.73. The lowest BCUT2D eigenvalue weighted by molar-refractivity contribution is 0.673. The van der Waals surface area contributed by atoms with Gasteiger partial charge in [0.15, 0.2) is 0 Å². The van der Waals surface area contributed by atoms with Crippen LogP contribution in [0.3, 0.4) is 0 Å². The smallest absolute Gasteiger partial charge is 0.107 e. The third-order valence-electron chi connectivity index (χ3n) is 3.13. The Bertz CT molecular complexity index is 500. The van der Waals surface area contributed by atoms with Crippen molar-refractivity contribution in [2.24, 2.45) is 0 Å². The van der Waals surface area contributed by atoms with Crippen LogP contribution in [0, 0.1) is 0 Å². The second-order valence-electron chi connectivity index (χ2n) is 5.08. The highest BCUT2D eigenvalue weighted by atomic mass is 32.1. The average Bonchev–Trinajstić information content (AvgIpc) is 2.88. The van der Waals surface area contributed by atoms with Crippen LogP contribution in [0.1, 0.15) is 43.7 Å². The fourth-order valence-corrected chi connectivity index (χ4v) is 2.71. The molecule has 3 heteroatoms. The molecular formula is C16H22N2S. The molecule has 0 atom stereocenters. The Morgan fingerprint density at radius 1 is 1.21 bits per heavy atom. The molecule has 1 N–H and O–H groups in total. The summed E-state index contributed by atoms with van der Waals surface area (Å²) in [5.41, 5.74) is 3.68. The van der Waals surface area contributed by atoms with Crippen molar-refractivity contribution in [1.82, 2.24) is 10.3 Å². The summed E-state index contributed by atoms with van der Waals surface area (Å²) in [6, 6.07) is 8.75. The van der Waals surface area contributed by atoms with Crippen molar-refractivity contribution < 1.29 is 0 Å². The lowest BCUT2D eigenvalue weighted by Crippen LogP contribution is -2.13. The fourth-order valence-electron chi connectivity index (χ4n) is 1.94. The third kappa shape index (κ3) is 3.88. The van der Waals surface area contributed by atoms with Crippen LogP contribution in [-0.4, -0.2) is 11.5 Å². The summed E-state index contributed by atoms with van der Waals surface area (Å²) in [6.07, 6.45) is 1.16. The average molecular weight is 274 g/mol. The van der Waals surface area contributed by atoms with Crippen LogP contribution in [0.25, 0.3) is 11.3 Å². The molecule has 2 aromatic rings. The van der Waals surface area contributed by atoms with E-state index < -0.39 is 0 Å². The van der Waals surface area contributed by atoms with Crippen molar-refractivity contribution >= 4 is 11.3 Å². The molecule has 0 aliphatic rings. The number of hydrogen-bond donors (Lipinski definition) is 1. The van der Waals surface area contributed by atoms with Crippen LogP contribution in [0.4, 0.5) is 0 Å². The molecule has 0 spiro atoms. The number of hydrogen-bond acceptors (Lipinski definition) is 3. The summed E-state index contributed by atoms with van der Waals surface area (Å²) in [5.74, 6) is 0.582. The first-order chi connectivity index (χ1) is 9.20. The Balaban J connectivity index is 2.05. The molecule has 0 saturated carbocycles. The standard InChI is InChI=1S/C16H22N2S/c1-4-9-17-10-16-18-15(11-19-16)14-7-5-13(6-8-14)12(2)3/h5-8,11-12,17H,4,9-10H2,1-3H3. The highest BCUT2D eigenvalue weighted by molar-refractivity contribution is 7.09. The third-order valence-corrected chi connectivity index (χ3v) is 3.98. The Morgan fingerprint density at radius 2 is 1.95 bits per heavy atom. The first kappa shape index (κ1) is 14.2. The van der Waals surface area contributed by atoms with Gasteiger partial charge in [-0.3, -0.25) is 0 Å². The topological polar surface area (TPSA) is 24.9 Å². The number of rotatable bonds is 6. The molecule has 2 nitrogen and oxygen atoms in total. The van der Waals surface area contributed by atoms with Gasteiger partial charge in [0, 0.05) is 17.5 Å². The van der Waals surface area contributed by atoms with Gasteiger partial charge in [0.25, 0.3) is 0 Å². The Hall–Kier alpha value is -1.19. The lowest BCUT2D eigenvalue weighted by Gasteiger charge is -2.05. The van der Waals surface area contributed by atoms with Gasteiger partial charge in [-0.15, -0.1) is 11.3 Å². The van der Waals surface area contributed by atoms with Crippen molar-refractivity contribution in [3.63, 3.8) is 0 Å². The minimum atomic E-state index is 0.582. The van der Waals surface area contributed by atoms with Crippen molar-refractivity contribution in [1.29, 1.82) is 0 Å². The Labute approximate surface area is 119 Å². The molecule has 102 valence electrons. The predicted octanol–water partition coefficient (Wildman–Crippen LogP) is 4.43. The molecule has 0 aliphatic heterocycles. The predicted molar refractivity (Wildman–Crippen MR) is 83.6 cm³/mol. The van der Waals surface area contributed by atoms with E-state index in [2.05, 4.69) is 60.7 Å². The van der Waals surface area contributed by atoms with Gasteiger partial charge in [-0.25, -0.2) is 4.98 Å². The van der Waals surface area contributed by atoms with Gasteiger partial charge in [-0.05, 0) is 24.4 Å². The highest BCUT2D eigenvalue weighted by Gasteiger charge is 2.05. The Morgan fingerprint density at radius 3 is 2.58 bits per heavy atom. The van der Waals surface area contributed by atoms with E-state index in [-0.39, 0.29) is 0 Å². The minimum Gasteiger partial charge on any atom is -0.310 e. The lowest BCUT2D eigenvalue weighted by atomic mass is 10.0. The molecule has 1 aromatic carbocycles. The van der Waals surface area contributed by atoms with Crippen LogP contribution in [0.15, 0.2) is 29.6 Å². The van der Waals surface area contributed by atoms with Crippen molar-refractivity contribution in [3.05, 3.63) is 40.2 Å². The van der Waals surface area contributed by atoms with Crippen LogP contribution < -0.4 is 5.32 Å². The number of benzene rings is 1. The zero-order valence-electron chi connectivity index (χ0n) is 11.9. The van der Waals surface area contributed by atoms with E-state index in [9.17, 15) is 0 Å². The molecule has 1 aromatic heterocycles. The van der Waals surface area contributed by atoms with E-state index in [1.807, 2.05) is 0 Å². The molecule has 0 saturated heterocycles. The summed E-state index contributed by atoms with van der Waals surface area (Å²) < 4.78 is 0. The molecule has 0 bridgehead atoms. The maximum atomic E-state index is 4.68. The van der Waals surface area contributed by atoms with Gasteiger partial charge in [0.1, 0.15) is 5.01 Å². The molecule has 0 unspecified atom stereocenters. The first-order valence-corrected chi connectivity index (χ1v) is 7.84. The second-order valence-corrected chi connectivity index (χ2v) is 6.02. The van der Waals surface area contributed by atoms with Gasteiger partial charge in [0.2, 0.25) is 0 Å². The largest absolute Gasteiger partial charge is 0.310 e. The van der Waals surface area contributed by atoms with Crippen LogP contribution in [0.5, 0.6) is 0 Å². The van der Waals surface area contributed by atoms with Crippen molar-refractivity contribution in [3.8, 4) is 11.3 Å². The zero-order chi connectivity index (χ0) is 13.7. The number of nitrogens with one attached hydrogen (secondary N) is 1. The van der Waals surface area contributed by atoms with E-state index in [0.717, 1.165) is 30.2 Å². The molecule has 1 heterocycles. The van der Waals surface area contributed by atoms with Gasteiger partial charge in [-0.2, -0.15) is 0 Å². The molecule has 0 amide bonds. The van der Waals surface area contributed by atoms with Crippen LogP contribution >= 0.6 is 11.3 Å². The van der Waals surface area contributed by atoms with Crippen LogP contribution in [-0.2, 0) is 6.54 Å². The normalized spacial score (nSPS) is 11.2. The monoisotopic (exact) mass is 274 g/mol. The highest BCUT2D eigenvalue weighted by Crippen LogP contribution is 2.24. The van der Waals surface area contributed by atoms with E-state index in [1.165, 1.54) is 11.1 Å². The van der Waals surface area contributed by atoms with E-state index in [0.29, 0.717) is 5.92 Å². The van der Waals surface area contributed by atoms with Gasteiger partial charge in [0.05, 0.1) is 5.69 Å². The molecule has 0 aliphatic carbocycles. The fraction of sp³-hybridized carbons (Fsp3) is 0.438. The quantitative estimate of drug-likeness (QED) is 0.788. The SMILES string of the molecule is CCCNCc1nc(-c2ccc(C(C)C)cc2)cs1. The van der Waals surface area contributed by atoms with Gasteiger partial charge < -0.3 is 5.32 Å². The van der Waals surface area contributed by atoms with Crippen molar-refractivity contribution in [2.75, 3.05) is 6.54 Å². The van der Waals surface area contributed by atoms with Gasteiger partial charge in [-0.1, -0.05) is 45.0 Å². The summed E-state index contributed by atoms with van der Waals surface area (Å²) in [6.45, 7) is 8.54. The van der Waals surface area contributed by atoms with Crippen molar-refractivity contribution in [2.45, 2.75) is 39.7 Å². The van der Waals surface area contributed by atoms with E-state index in [1.54, 1.807) is 11.3 Å². The maximum Gasteiger partial charge on any atom is 0.107 e. The molecular weight excluding hydrogens is 252 g/mol. The van der Waals surface area contributed by atoms with Gasteiger partial charge >= 0.3 is 0 Å². The Kier molecular flexibility index (Phi) is 5.11. The molecule has 0 fully saturated rings. The summed E-state index contributed by atoms with van der Waals surface area (Å²) in [4.78, 5) is 4.68. The minimum absolute atomic E-state index is 0.582. The zero-order valence-corrected chi connectivity index (χ0v) is 12.8. The summed E-state index contributed by atoms with van der Waals surface area (Å²) in [5, 5.41) is 6.70. The number of aromatic nitrogens is 1.